The van der Waals surface area contributed by atoms with E-state index < -0.39 is 9.05 Å². The van der Waals surface area contributed by atoms with Crippen molar-refractivity contribution in [1.82, 2.24) is 0 Å². The molecule has 0 aromatic heterocycles. The van der Waals surface area contributed by atoms with E-state index in [2.05, 4.69) is 0 Å². The molecule has 0 bridgehead atoms. The van der Waals surface area contributed by atoms with Gasteiger partial charge in [0.2, 0.25) is 0 Å². The zero-order chi connectivity index (χ0) is 14.8. The Morgan fingerprint density at radius 3 is 2.10 bits per heavy atom. The Hall–Kier alpha value is -1.52. The fourth-order valence-electron chi connectivity index (χ4n) is 2.01. The van der Waals surface area contributed by atoms with Crippen molar-refractivity contribution in [2.45, 2.75) is 25.3 Å². The first-order valence-electron chi connectivity index (χ1n) is 6.10. The van der Waals surface area contributed by atoms with Gasteiger partial charge in [0.25, 0.3) is 9.05 Å². The molecule has 3 nitrogen and oxygen atoms in total. The fourth-order valence-corrected chi connectivity index (χ4v) is 2.91. The van der Waals surface area contributed by atoms with E-state index in [1.54, 1.807) is 13.8 Å². The lowest BCUT2D eigenvalue weighted by molar-refractivity contribution is 0.301. The number of aryl methyl sites for hydroxylation is 2. The molecule has 0 aliphatic carbocycles. The third-order valence-electron chi connectivity index (χ3n) is 2.94. The summed E-state index contributed by atoms with van der Waals surface area (Å²) in [5.41, 5.74) is 2.56. The molecule has 0 aliphatic rings. The molecule has 0 saturated carbocycles. The molecule has 0 unspecified atom stereocenters. The Kier molecular flexibility index (Phi) is 4.35. The predicted octanol–water partition coefficient (Wildman–Crippen LogP) is 3.81. The molecule has 2 rings (SSSR count). The van der Waals surface area contributed by atoms with Crippen LogP contribution in [0.15, 0.2) is 47.4 Å². The zero-order valence-electron chi connectivity index (χ0n) is 11.3. The Morgan fingerprint density at radius 2 is 1.60 bits per heavy atom. The normalized spacial score (nSPS) is 11.3. The van der Waals surface area contributed by atoms with Crippen LogP contribution >= 0.6 is 10.7 Å². The van der Waals surface area contributed by atoms with E-state index in [4.69, 9.17) is 15.4 Å². The van der Waals surface area contributed by atoms with E-state index in [0.717, 1.165) is 16.7 Å². The maximum atomic E-state index is 11.4. The minimum Gasteiger partial charge on any atom is -0.488 e. The summed E-state index contributed by atoms with van der Waals surface area (Å²) in [7, 11) is 1.64. The highest BCUT2D eigenvalue weighted by Crippen LogP contribution is 2.29. The molecule has 5 heteroatoms. The predicted molar refractivity (Wildman–Crippen MR) is 79.7 cm³/mol. The zero-order valence-corrected chi connectivity index (χ0v) is 12.8. The SMILES string of the molecule is Cc1cc(S(=O)(=O)Cl)cc(C)c1OCc1ccccc1. The van der Waals surface area contributed by atoms with Gasteiger partial charge in [-0.3, -0.25) is 0 Å². The Labute approximate surface area is 123 Å². The van der Waals surface area contributed by atoms with E-state index in [-0.39, 0.29) is 4.90 Å². The third-order valence-corrected chi connectivity index (χ3v) is 4.27. The summed E-state index contributed by atoms with van der Waals surface area (Å²) < 4.78 is 28.5. The number of rotatable bonds is 4. The van der Waals surface area contributed by atoms with Crippen molar-refractivity contribution in [1.29, 1.82) is 0 Å². The molecule has 0 N–H and O–H groups in total. The van der Waals surface area contributed by atoms with Crippen molar-refractivity contribution in [2.75, 3.05) is 0 Å². The van der Waals surface area contributed by atoms with E-state index in [1.165, 1.54) is 12.1 Å². The van der Waals surface area contributed by atoms with Crippen LogP contribution in [-0.4, -0.2) is 8.42 Å². The smallest absolute Gasteiger partial charge is 0.261 e. The van der Waals surface area contributed by atoms with Crippen molar-refractivity contribution >= 4 is 19.7 Å². The van der Waals surface area contributed by atoms with Gasteiger partial charge in [0.15, 0.2) is 0 Å². The first-order valence-corrected chi connectivity index (χ1v) is 8.41. The second kappa shape index (κ2) is 5.85. The summed E-state index contributed by atoms with van der Waals surface area (Å²) in [4.78, 5) is 0.0984. The molecule has 0 radical (unpaired) electrons. The van der Waals surface area contributed by atoms with E-state index in [9.17, 15) is 8.42 Å². The van der Waals surface area contributed by atoms with E-state index in [1.807, 2.05) is 30.3 Å². The Bertz CT molecular complexity index is 686. The average Bonchev–Trinajstić information content (AvgIpc) is 2.37. The van der Waals surface area contributed by atoms with Gasteiger partial charge in [-0.05, 0) is 42.7 Å². The summed E-state index contributed by atoms with van der Waals surface area (Å²) in [5.74, 6) is 0.693. The van der Waals surface area contributed by atoms with Crippen molar-refractivity contribution in [2.24, 2.45) is 0 Å². The van der Waals surface area contributed by atoms with Crippen LogP contribution in [0.2, 0.25) is 0 Å². The molecule has 0 amide bonds. The van der Waals surface area contributed by atoms with Gasteiger partial charge in [0.05, 0.1) is 4.90 Å². The molecule has 20 heavy (non-hydrogen) atoms. The molecule has 0 aliphatic heterocycles. The van der Waals surface area contributed by atoms with Crippen LogP contribution in [0.5, 0.6) is 5.75 Å². The Balaban J connectivity index is 2.25. The van der Waals surface area contributed by atoms with Crippen LogP contribution in [0.4, 0.5) is 0 Å². The van der Waals surface area contributed by atoms with Gasteiger partial charge in [-0.2, -0.15) is 0 Å². The maximum absolute atomic E-state index is 11.4. The number of halogens is 1. The van der Waals surface area contributed by atoms with Gasteiger partial charge < -0.3 is 4.74 Å². The minimum absolute atomic E-state index is 0.0984. The second-order valence-electron chi connectivity index (χ2n) is 4.60. The van der Waals surface area contributed by atoms with Gasteiger partial charge in [0.1, 0.15) is 12.4 Å². The summed E-state index contributed by atoms with van der Waals surface area (Å²) in [6.45, 7) is 4.05. The van der Waals surface area contributed by atoms with Gasteiger partial charge in [-0.25, -0.2) is 8.42 Å². The van der Waals surface area contributed by atoms with Gasteiger partial charge in [-0.1, -0.05) is 30.3 Å². The van der Waals surface area contributed by atoms with Crippen LogP contribution in [0, 0.1) is 13.8 Å². The number of ether oxygens (including phenoxy) is 1. The van der Waals surface area contributed by atoms with Crippen molar-refractivity contribution in [3.8, 4) is 5.75 Å². The van der Waals surface area contributed by atoms with E-state index in [0.29, 0.717) is 12.4 Å². The first-order chi connectivity index (χ1) is 9.38. The number of benzene rings is 2. The quantitative estimate of drug-likeness (QED) is 0.807. The van der Waals surface area contributed by atoms with Crippen LogP contribution in [0.1, 0.15) is 16.7 Å². The van der Waals surface area contributed by atoms with Crippen LogP contribution in [0.25, 0.3) is 0 Å². The average molecular weight is 311 g/mol. The molecule has 0 atom stereocenters. The number of hydrogen-bond donors (Lipinski definition) is 0. The highest BCUT2D eigenvalue weighted by molar-refractivity contribution is 8.13. The highest BCUT2D eigenvalue weighted by Gasteiger charge is 2.14. The largest absolute Gasteiger partial charge is 0.488 e. The lowest BCUT2D eigenvalue weighted by atomic mass is 10.1. The van der Waals surface area contributed by atoms with Crippen molar-refractivity contribution < 1.29 is 13.2 Å². The Morgan fingerprint density at radius 1 is 1.05 bits per heavy atom. The van der Waals surface area contributed by atoms with Crippen molar-refractivity contribution in [3.63, 3.8) is 0 Å². The molecule has 106 valence electrons. The summed E-state index contributed by atoms with van der Waals surface area (Å²) in [6, 6.07) is 12.8. The standard InChI is InChI=1S/C15H15ClO3S/c1-11-8-14(20(16,17)18)9-12(2)15(11)19-10-13-6-4-3-5-7-13/h3-9H,10H2,1-2H3. The molecular formula is C15H15ClO3S. The monoisotopic (exact) mass is 310 g/mol. The van der Waals surface area contributed by atoms with Crippen molar-refractivity contribution in [3.05, 3.63) is 59.2 Å². The fraction of sp³-hybridized carbons (Fsp3) is 0.200. The summed E-state index contributed by atoms with van der Waals surface area (Å²) >= 11 is 0. The molecular weight excluding hydrogens is 296 g/mol. The molecule has 0 spiro atoms. The first kappa shape index (κ1) is 14.9. The van der Waals surface area contributed by atoms with Gasteiger partial charge in [-0.15, -0.1) is 0 Å². The lowest BCUT2D eigenvalue weighted by Gasteiger charge is -2.13. The van der Waals surface area contributed by atoms with Crippen LogP contribution < -0.4 is 4.74 Å². The molecule has 0 heterocycles. The molecule has 0 fully saturated rings. The molecule has 2 aromatic carbocycles. The highest BCUT2D eigenvalue weighted by atomic mass is 35.7. The minimum atomic E-state index is -3.72. The molecule has 0 saturated heterocycles. The third kappa shape index (κ3) is 3.52. The maximum Gasteiger partial charge on any atom is 0.261 e. The number of hydrogen-bond acceptors (Lipinski definition) is 3. The van der Waals surface area contributed by atoms with Gasteiger partial charge >= 0.3 is 0 Å². The van der Waals surface area contributed by atoms with Crippen LogP contribution in [-0.2, 0) is 15.7 Å². The molecule has 2 aromatic rings. The summed E-state index contributed by atoms with van der Waals surface area (Å²) in [5, 5.41) is 0. The lowest BCUT2D eigenvalue weighted by Crippen LogP contribution is -2.01. The van der Waals surface area contributed by atoms with Gasteiger partial charge in [0, 0.05) is 10.7 Å². The van der Waals surface area contributed by atoms with Crippen LogP contribution in [0.3, 0.4) is 0 Å². The summed E-state index contributed by atoms with van der Waals surface area (Å²) in [6.07, 6.45) is 0. The topological polar surface area (TPSA) is 43.4 Å². The second-order valence-corrected chi connectivity index (χ2v) is 7.16. The van der Waals surface area contributed by atoms with E-state index >= 15 is 0 Å².